The van der Waals surface area contributed by atoms with Gasteiger partial charge in [-0.15, -0.1) is 0 Å². The zero-order chi connectivity index (χ0) is 11.3. The first-order valence-electron chi connectivity index (χ1n) is 5.10. The van der Waals surface area contributed by atoms with Crippen LogP contribution in [0.1, 0.15) is 41.5 Å². The molecule has 0 aromatic rings. The molecule has 0 N–H and O–H groups in total. The molecule has 82 valence electrons. The minimum Gasteiger partial charge on any atom is -0.450 e. The van der Waals surface area contributed by atoms with Crippen LogP contribution in [0.15, 0.2) is 0 Å². The number of hydrogen-bond acceptors (Lipinski definition) is 2. The Labute approximate surface area is 83.1 Å². The number of nitrogens with zero attached hydrogens (tertiary/aromatic N) is 1. The van der Waals surface area contributed by atoms with Crippen molar-refractivity contribution in [3.05, 3.63) is 0 Å². The van der Waals surface area contributed by atoms with E-state index in [-0.39, 0.29) is 6.09 Å². The molecule has 0 aromatic heterocycles. The number of amides is 1. The summed E-state index contributed by atoms with van der Waals surface area (Å²) < 4.78 is 4.68. The highest BCUT2D eigenvalue weighted by Crippen LogP contribution is 1.87. The summed E-state index contributed by atoms with van der Waals surface area (Å²) in [4.78, 5) is 12.2. The maximum absolute atomic E-state index is 10.7. The number of hydrogen-bond donors (Lipinski definition) is 0. The highest BCUT2D eigenvalue weighted by atomic mass is 16.5. The van der Waals surface area contributed by atoms with Crippen LogP contribution in [0.4, 0.5) is 4.79 Å². The van der Waals surface area contributed by atoms with E-state index >= 15 is 0 Å². The zero-order valence-corrected chi connectivity index (χ0v) is 10.2. The molecule has 3 heteroatoms. The van der Waals surface area contributed by atoms with Crippen molar-refractivity contribution in [2.45, 2.75) is 41.5 Å². The summed E-state index contributed by atoms with van der Waals surface area (Å²) >= 11 is 0. The lowest BCUT2D eigenvalue weighted by Crippen LogP contribution is -2.26. The number of carbonyl (C=O) groups is 1. The van der Waals surface area contributed by atoms with Gasteiger partial charge in [-0.25, -0.2) is 4.79 Å². The first kappa shape index (κ1) is 18.1. The van der Waals surface area contributed by atoms with Crippen LogP contribution >= 0.6 is 0 Å². The van der Waals surface area contributed by atoms with Crippen LogP contribution in [0.25, 0.3) is 0 Å². The molecule has 0 radical (unpaired) electrons. The Bertz CT molecular complexity index is 94.9. The van der Waals surface area contributed by atoms with Crippen LogP contribution in [-0.4, -0.2) is 31.2 Å². The minimum absolute atomic E-state index is 0.250. The third kappa shape index (κ3) is 14.2. The summed E-state index contributed by atoms with van der Waals surface area (Å²) in [5.74, 6) is 0. The summed E-state index contributed by atoms with van der Waals surface area (Å²) in [6, 6.07) is 0. The predicted molar refractivity (Wildman–Crippen MR) is 58.0 cm³/mol. The van der Waals surface area contributed by atoms with E-state index in [4.69, 9.17) is 0 Å². The van der Waals surface area contributed by atoms with Crippen molar-refractivity contribution in [1.29, 1.82) is 0 Å². The topological polar surface area (TPSA) is 29.5 Å². The monoisotopic (exact) mass is 191 g/mol. The lowest BCUT2D eigenvalue weighted by molar-refractivity contribution is 0.118. The highest BCUT2D eigenvalue weighted by Gasteiger charge is 2.03. The Morgan fingerprint density at radius 3 is 1.77 bits per heavy atom. The third-order valence-electron chi connectivity index (χ3n) is 1.05. The van der Waals surface area contributed by atoms with Crippen molar-refractivity contribution in [3.63, 3.8) is 0 Å². The van der Waals surface area contributed by atoms with Gasteiger partial charge in [0.15, 0.2) is 0 Å². The number of rotatable bonds is 2. The Kier molecular flexibility index (Phi) is 24.2. The fraction of sp³-hybridized carbons (Fsp3) is 0.900. The van der Waals surface area contributed by atoms with Gasteiger partial charge in [-0.3, -0.25) is 0 Å². The van der Waals surface area contributed by atoms with Gasteiger partial charge in [-0.1, -0.05) is 27.7 Å². The quantitative estimate of drug-likeness (QED) is 0.671. The van der Waals surface area contributed by atoms with E-state index in [0.29, 0.717) is 13.2 Å². The molecule has 0 aliphatic carbocycles. The average molecular weight is 191 g/mol. The van der Waals surface area contributed by atoms with E-state index in [0.717, 1.165) is 0 Å². The Hall–Kier alpha value is -0.730. The highest BCUT2D eigenvalue weighted by molar-refractivity contribution is 5.66. The Morgan fingerprint density at radius 2 is 1.54 bits per heavy atom. The van der Waals surface area contributed by atoms with Crippen molar-refractivity contribution in [2.75, 3.05) is 20.2 Å². The van der Waals surface area contributed by atoms with E-state index in [9.17, 15) is 4.79 Å². The summed E-state index contributed by atoms with van der Waals surface area (Å²) in [6.45, 7) is 12.8. The molecule has 0 aliphatic heterocycles. The maximum atomic E-state index is 10.7. The van der Waals surface area contributed by atoms with Gasteiger partial charge in [0.2, 0.25) is 0 Å². The summed E-state index contributed by atoms with van der Waals surface area (Å²) in [5.41, 5.74) is 0. The van der Waals surface area contributed by atoms with Crippen LogP contribution in [0.5, 0.6) is 0 Å². The molecule has 0 bridgehead atoms. The van der Waals surface area contributed by atoms with E-state index in [1.54, 1.807) is 14.0 Å². The standard InChI is InChI=1S/C6H13NO2.2C2H6/c1-4-7(3)6(8)9-5-2;2*1-2/h4-5H2,1-3H3;2*1-2H3. The fourth-order valence-electron chi connectivity index (χ4n) is 0.363. The summed E-state index contributed by atoms with van der Waals surface area (Å²) in [6.07, 6.45) is -0.250. The number of carbonyl (C=O) groups excluding carboxylic acids is 1. The lowest BCUT2D eigenvalue weighted by atomic mass is 10.7. The smallest absolute Gasteiger partial charge is 0.409 e. The largest absolute Gasteiger partial charge is 0.450 e. The number of ether oxygens (including phenoxy) is 1. The summed E-state index contributed by atoms with van der Waals surface area (Å²) in [7, 11) is 1.71. The average Bonchev–Trinajstić information content (AvgIpc) is 2.23. The molecular formula is C10H25NO2. The van der Waals surface area contributed by atoms with Gasteiger partial charge in [-0.05, 0) is 13.8 Å². The molecule has 0 aliphatic rings. The van der Waals surface area contributed by atoms with Crippen LogP contribution in [0, 0.1) is 0 Å². The van der Waals surface area contributed by atoms with Gasteiger partial charge in [-0.2, -0.15) is 0 Å². The normalized spacial score (nSPS) is 7.00. The molecule has 3 nitrogen and oxygen atoms in total. The second-order valence-electron chi connectivity index (χ2n) is 1.71. The molecule has 0 fully saturated rings. The van der Waals surface area contributed by atoms with Crippen molar-refractivity contribution >= 4 is 6.09 Å². The lowest BCUT2D eigenvalue weighted by Gasteiger charge is -2.12. The molecule has 0 spiro atoms. The van der Waals surface area contributed by atoms with Gasteiger partial charge in [0.05, 0.1) is 6.61 Å². The van der Waals surface area contributed by atoms with E-state index in [1.165, 1.54) is 4.90 Å². The molecule has 13 heavy (non-hydrogen) atoms. The molecule has 0 aromatic carbocycles. The van der Waals surface area contributed by atoms with Crippen LogP contribution in [-0.2, 0) is 4.74 Å². The first-order chi connectivity index (χ1) is 6.22. The van der Waals surface area contributed by atoms with Crippen LogP contribution in [0.2, 0.25) is 0 Å². The molecular weight excluding hydrogens is 166 g/mol. The third-order valence-corrected chi connectivity index (χ3v) is 1.05. The van der Waals surface area contributed by atoms with Gasteiger partial charge >= 0.3 is 6.09 Å². The fourth-order valence-corrected chi connectivity index (χ4v) is 0.363. The van der Waals surface area contributed by atoms with Gasteiger partial charge in [0.1, 0.15) is 0 Å². The second kappa shape index (κ2) is 17.4. The van der Waals surface area contributed by atoms with Crippen molar-refractivity contribution < 1.29 is 9.53 Å². The second-order valence-corrected chi connectivity index (χ2v) is 1.71. The molecule has 0 rings (SSSR count). The molecule has 0 saturated carbocycles. The Balaban J connectivity index is -0.000000218. The van der Waals surface area contributed by atoms with E-state index < -0.39 is 0 Å². The van der Waals surface area contributed by atoms with Crippen LogP contribution in [0.3, 0.4) is 0 Å². The van der Waals surface area contributed by atoms with Gasteiger partial charge in [0, 0.05) is 13.6 Å². The Morgan fingerprint density at radius 1 is 1.15 bits per heavy atom. The van der Waals surface area contributed by atoms with E-state index in [2.05, 4.69) is 4.74 Å². The summed E-state index contributed by atoms with van der Waals surface area (Å²) in [5, 5.41) is 0. The SMILES string of the molecule is CC.CC.CCOC(=O)N(C)CC. The predicted octanol–water partition coefficient (Wildman–Crippen LogP) is 3.15. The first-order valence-corrected chi connectivity index (χ1v) is 5.10. The minimum atomic E-state index is -0.250. The van der Waals surface area contributed by atoms with Crippen molar-refractivity contribution in [3.8, 4) is 0 Å². The molecule has 0 heterocycles. The molecule has 1 amide bonds. The zero-order valence-electron chi connectivity index (χ0n) is 10.2. The van der Waals surface area contributed by atoms with E-state index in [1.807, 2.05) is 34.6 Å². The molecule has 0 atom stereocenters. The van der Waals surface area contributed by atoms with Gasteiger partial charge in [0.25, 0.3) is 0 Å². The van der Waals surface area contributed by atoms with Gasteiger partial charge < -0.3 is 9.64 Å². The van der Waals surface area contributed by atoms with Crippen molar-refractivity contribution in [1.82, 2.24) is 4.90 Å². The molecule has 0 saturated heterocycles. The van der Waals surface area contributed by atoms with Crippen LogP contribution < -0.4 is 0 Å². The van der Waals surface area contributed by atoms with Crippen molar-refractivity contribution in [2.24, 2.45) is 0 Å². The molecule has 0 unspecified atom stereocenters. The maximum Gasteiger partial charge on any atom is 0.409 e.